The van der Waals surface area contributed by atoms with E-state index in [1.807, 2.05) is 61.5 Å². The number of rotatable bonds is 7. The number of hydrogen-bond donors (Lipinski definition) is 0. The summed E-state index contributed by atoms with van der Waals surface area (Å²) >= 11 is 12.3. The Labute approximate surface area is 180 Å². The van der Waals surface area contributed by atoms with Crippen molar-refractivity contribution in [1.82, 2.24) is 0 Å². The molecule has 3 aromatic rings. The van der Waals surface area contributed by atoms with E-state index in [4.69, 9.17) is 32.7 Å². The van der Waals surface area contributed by atoms with Crippen LogP contribution in [0.3, 0.4) is 0 Å². The minimum atomic E-state index is 0.334. The topological polar surface area (TPSA) is 42.2 Å². The number of halogens is 2. The Kier molecular flexibility index (Phi) is 7.19. The lowest BCUT2D eigenvalue weighted by Crippen LogP contribution is -2.00. The fraction of sp³-hybridized carbons (Fsp3) is 0.125. The predicted molar refractivity (Wildman–Crippen MR) is 118 cm³/mol. The van der Waals surface area contributed by atoms with E-state index in [0.29, 0.717) is 40.3 Å². The highest BCUT2D eigenvalue weighted by Gasteiger charge is 2.09. The molecule has 0 N–H and O–H groups in total. The highest BCUT2D eigenvalue weighted by molar-refractivity contribution is 6.31. The van der Waals surface area contributed by atoms with Gasteiger partial charge in [-0.15, -0.1) is 0 Å². The second kappa shape index (κ2) is 10.0. The first-order valence-electron chi connectivity index (χ1n) is 9.11. The van der Waals surface area contributed by atoms with Crippen LogP contribution in [-0.2, 0) is 6.61 Å². The maximum atomic E-state index is 9.57. The Morgan fingerprint density at radius 3 is 2.52 bits per heavy atom. The molecular weight excluding hydrogens is 405 g/mol. The maximum absolute atomic E-state index is 9.57. The molecule has 0 aromatic heterocycles. The van der Waals surface area contributed by atoms with Crippen molar-refractivity contribution in [3.8, 4) is 17.6 Å². The van der Waals surface area contributed by atoms with Gasteiger partial charge in [-0.3, -0.25) is 0 Å². The molecule has 0 spiro atoms. The molecule has 0 bridgehead atoms. The van der Waals surface area contributed by atoms with Crippen LogP contribution in [0.25, 0.3) is 11.6 Å². The quantitative estimate of drug-likeness (QED) is 0.302. The maximum Gasteiger partial charge on any atom is 0.161 e. The Bertz CT molecular complexity index is 1070. The highest BCUT2D eigenvalue weighted by Crippen LogP contribution is 2.31. The average Bonchev–Trinajstić information content (AvgIpc) is 2.72. The van der Waals surface area contributed by atoms with Gasteiger partial charge in [-0.2, -0.15) is 5.26 Å². The first-order chi connectivity index (χ1) is 14.1. The molecule has 146 valence electrons. The van der Waals surface area contributed by atoms with Crippen molar-refractivity contribution in [2.75, 3.05) is 6.61 Å². The predicted octanol–water partition coefficient (Wildman–Crippen LogP) is 7.04. The van der Waals surface area contributed by atoms with E-state index in [2.05, 4.69) is 6.07 Å². The lowest BCUT2D eigenvalue weighted by Gasteiger charge is -2.13. The van der Waals surface area contributed by atoms with E-state index in [0.717, 1.165) is 16.7 Å². The Morgan fingerprint density at radius 1 is 0.966 bits per heavy atom. The second-order valence-electron chi connectivity index (χ2n) is 6.20. The zero-order chi connectivity index (χ0) is 20.6. The minimum Gasteiger partial charge on any atom is -0.490 e. The third kappa shape index (κ3) is 5.54. The van der Waals surface area contributed by atoms with Gasteiger partial charge >= 0.3 is 0 Å². The van der Waals surface area contributed by atoms with E-state index in [1.165, 1.54) is 0 Å². The van der Waals surface area contributed by atoms with Gasteiger partial charge in [0, 0.05) is 15.6 Å². The summed E-state index contributed by atoms with van der Waals surface area (Å²) in [6.07, 6.45) is 1.80. The van der Waals surface area contributed by atoms with E-state index < -0.39 is 0 Å². The van der Waals surface area contributed by atoms with Crippen molar-refractivity contribution < 1.29 is 9.47 Å². The van der Waals surface area contributed by atoms with Crippen LogP contribution < -0.4 is 9.47 Å². The summed E-state index contributed by atoms with van der Waals surface area (Å²) in [6, 6.07) is 22.6. The largest absolute Gasteiger partial charge is 0.490 e. The Hall–Kier alpha value is -2.93. The number of allylic oxidation sites excluding steroid dienone is 1. The Balaban J connectivity index is 1.87. The van der Waals surface area contributed by atoms with Crippen LogP contribution in [-0.4, -0.2) is 6.61 Å². The zero-order valence-corrected chi connectivity index (χ0v) is 17.4. The van der Waals surface area contributed by atoms with Gasteiger partial charge < -0.3 is 9.47 Å². The molecule has 29 heavy (non-hydrogen) atoms. The molecule has 3 aromatic carbocycles. The lowest BCUT2D eigenvalue weighted by atomic mass is 10.0. The molecule has 0 atom stereocenters. The zero-order valence-electron chi connectivity index (χ0n) is 15.9. The van der Waals surface area contributed by atoms with Crippen molar-refractivity contribution >= 4 is 34.9 Å². The van der Waals surface area contributed by atoms with Crippen molar-refractivity contribution in [2.45, 2.75) is 13.5 Å². The number of hydrogen-bond acceptors (Lipinski definition) is 3. The van der Waals surface area contributed by atoms with Crippen LogP contribution in [0, 0.1) is 11.3 Å². The van der Waals surface area contributed by atoms with E-state index in [9.17, 15) is 5.26 Å². The van der Waals surface area contributed by atoms with Gasteiger partial charge in [-0.1, -0.05) is 59.6 Å². The summed E-state index contributed by atoms with van der Waals surface area (Å²) in [5.74, 6) is 1.22. The molecular formula is C24H19Cl2NO2. The van der Waals surface area contributed by atoms with Crippen molar-refractivity contribution in [2.24, 2.45) is 0 Å². The smallest absolute Gasteiger partial charge is 0.161 e. The van der Waals surface area contributed by atoms with Gasteiger partial charge in [0.25, 0.3) is 0 Å². The molecule has 0 radical (unpaired) electrons. The van der Waals surface area contributed by atoms with E-state index in [1.54, 1.807) is 18.2 Å². The molecule has 3 rings (SSSR count). The van der Waals surface area contributed by atoms with Crippen molar-refractivity contribution in [1.29, 1.82) is 5.26 Å². The number of nitriles is 1. The summed E-state index contributed by atoms with van der Waals surface area (Å²) in [7, 11) is 0. The summed E-state index contributed by atoms with van der Waals surface area (Å²) < 4.78 is 11.7. The van der Waals surface area contributed by atoms with Gasteiger partial charge in [0.1, 0.15) is 6.61 Å². The number of ether oxygens (including phenoxy) is 2. The fourth-order valence-electron chi connectivity index (χ4n) is 2.78. The molecule has 0 fully saturated rings. The molecule has 0 amide bonds. The van der Waals surface area contributed by atoms with Crippen LogP contribution in [0.5, 0.6) is 11.5 Å². The third-order valence-electron chi connectivity index (χ3n) is 4.18. The van der Waals surface area contributed by atoms with Gasteiger partial charge in [0.05, 0.1) is 18.2 Å². The first kappa shape index (κ1) is 20.8. The molecule has 5 heteroatoms. The minimum absolute atomic E-state index is 0.334. The number of nitrogens with zero attached hydrogens (tertiary/aromatic N) is 1. The normalized spacial score (nSPS) is 11.0. The average molecular weight is 424 g/mol. The molecule has 0 unspecified atom stereocenters. The van der Waals surface area contributed by atoms with Crippen LogP contribution in [0.4, 0.5) is 0 Å². The second-order valence-corrected chi connectivity index (χ2v) is 7.04. The molecule has 0 heterocycles. The molecule has 0 aliphatic heterocycles. The van der Waals surface area contributed by atoms with Crippen molar-refractivity contribution in [3.63, 3.8) is 0 Å². The van der Waals surface area contributed by atoms with Crippen LogP contribution in [0.2, 0.25) is 10.0 Å². The van der Waals surface area contributed by atoms with E-state index >= 15 is 0 Å². The summed E-state index contributed by atoms with van der Waals surface area (Å²) in [4.78, 5) is 0. The number of benzene rings is 3. The van der Waals surface area contributed by atoms with Crippen LogP contribution in [0.15, 0.2) is 66.7 Å². The highest BCUT2D eigenvalue weighted by atomic mass is 35.5. The van der Waals surface area contributed by atoms with Crippen molar-refractivity contribution in [3.05, 3.63) is 93.5 Å². The Morgan fingerprint density at radius 2 is 1.79 bits per heavy atom. The van der Waals surface area contributed by atoms with E-state index in [-0.39, 0.29) is 0 Å². The van der Waals surface area contributed by atoms with Crippen LogP contribution in [0.1, 0.15) is 23.6 Å². The first-order valence-corrected chi connectivity index (χ1v) is 9.87. The summed E-state index contributed by atoms with van der Waals surface area (Å²) in [5, 5.41) is 10.8. The SMILES string of the molecule is CCOc1cc(/C=C(/C#N)c2cccc(Cl)c2)ccc1OCc1ccccc1Cl. The fourth-order valence-corrected chi connectivity index (χ4v) is 3.16. The van der Waals surface area contributed by atoms with Gasteiger partial charge in [0.15, 0.2) is 11.5 Å². The summed E-state index contributed by atoms with van der Waals surface area (Å²) in [5.41, 5.74) is 3.00. The lowest BCUT2D eigenvalue weighted by molar-refractivity contribution is 0.269. The molecule has 0 aliphatic rings. The molecule has 0 saturated carbocycles. The molecule has 0 saturated heterocycles. The monoisotopic (exact) mass is 423 g/mol. The summed E-state index contributed by atoms with van der Waals surface area (Å²) in [6.45, 7) is 2.74. The van der Waals surface area contributed by atoms with Gasteiger partial charge in [-0.05, 0) is 54.5 Å². The van der Waals surface area contributed by atoms with Gasteiger partial charge in [-0.25, -0.2) is 0 Å². The van der Waals surface area contributed by atoms with Gasteiger partial charge in [0.2, 0.25) is 0 Å². The molecule has 0 aliphatic carbocycles. The third-order valence-corrected chi connectivity index (χ3v) is 4.78. The standard InChI is InChI=1S/C24H19Cl2NO2/c1-2-28-24-13-17(12-20(15-27)18-7-5-8-21(25)14-18)10-11-23(24)29-16-19-6-3-4-9-22(19)26/h3-14H,2,16H2,1H3/b20-12-. The molecule has 3 nitrogen and oxygen atoms in total. The van der Waals surface area contributed by atoms with Crippen LogP contribution >= 0.6 is 23.2 Å².